The smallest absolute Gasteiger partial charge is 0.254 e. The Labute approximate surface area is 160 Å². The maximum atomic E-state index is 13.0. The molecule has 2 aliphatic heterocycles. The fourth-order valence-corrected chi connectivity index (χ4v) is 3.91. The topological polar surface area (TPSA) is 64.8 Å². The highest BCUT2D eigenvalue weighted by Gasteiger charge is 2.34. The van der Waals surface area contributed by atoms with Gasteiger partial charge >= 0.3 is 0 Å². The van der Waals surface area contributed by atoms with E-state index in [1.165, 1.54) is 5.56 Å². The van der Waals surface area contributed by atoms with Gasteiger partial charge in [-0.3, -0.25) is 4.79 Å². The Morgan fingerprint density at radius 1 is 1.15 bits per heavy atom. The summed E-state index contributed by atoms with van der Waals surface area (Å²) >= 11 is 0. The summed E-state index contributed by atoms with van der Waals surface area (Å²) in [7, 11) is 0. The highest BCUT2D eigenvalue weighted by atomic mass is 16.5. The maximum absolute atomic E-state index is 13.0. The monoisotopic (exact) mass is 366 g/mol. The molecular weight excluding hydrogens is 340 g/mol. The Bertz CT molecular complexity index is 774. The number of ether oxygens (including phenoxy) is 2. The first-order chi connectivity index (χ1) is 13.2. The number of rotatable bonds is 5. The number of benzene rings is 2. The number of hydrogen-bond acceptors (Lipinski definition) is 4. The molecule has 2 fully saturated rings. The molecule has 1 amide bonds. The van der Waals surface area contributed by atoms with Gasteiger partial charge in [-0.05, 0) is 36.6 Å². The van der Waals surface area contributed by atoms with E-state index in [9.17, 15) is 4.79 Å². The standard InChI is InChI=1S/C22H26N2O3/c23-21-14-24(13-20(21)16-6-2-1-3-7-16)22(25)17-8-4-9-18(12-17)27-15-19-10-5-11-26-19/h1-4,6-9,12,19-21H,5,10-11,13-15,23H2/t19?,20-,21+/m0/s1. The number of amides is 1. The Morgan fingerprint density at radius 3 is 2.78 bits per heavy atom. The van der Waals surface area contributed by atoms with Crippen molar-refractivity contribution in [3.63, 3.8) is 0 Å². The van der Waals surface area contributed by atoms with Gasteiger partial charge in [-0.25, -0.2) is 0 Å². The van der Waals surface area contributed by atoms with Crippen LogP contribution in [0.2, 0.25) is 0 Å². The second kappa shape index (κ2) is 8.11. The average Bonchev–Trinajstić information content (AvgIpc) is 3.36. The van der Waals surface area contributed by atoms with E-state index in [-0.39, 0.29) is 24.0 Å². The van der Waals surface area contributed by atoms with Crippen LogP contribution in [0.4, 0.5) is 0 Å². The van der Waals surface area contributed by atoms with Crippen molar-refractivity contribution in [2.24, 2.45) is 5.73 Å². The number of nitrogens with two attached hydrogens (primary N) is 1. The molecule has 2 aromatic rings. The molecule has 27 heavy (non-hydrogen) atoms. The Kier molecular flexibility index (Phi) is 5.41. The van der Waals surface area contributed by atoms with Crippen LogP contribution in [0.3, 0.4) is 0 Å². The summed E-state index contributed by atoms with van der Waals surface area (Å²) in [6.45, 7) is 2.55. The summed E-state index contributed by atoms with van der Waals surface area (Å²) < 4.78 is 11.4. The maximum Gasteiger partial charge on any atom is 0.254 e. The van der Waals surface area contributed by atoms with Crippen molar-refractivity contribution in [2.75, 3.05) is 26.3 Å². The van der Waals surface area contributed by atoms with Crippen LogP contribution in [-0.4, -0.2) is 49.3 Å². The van der Waals surface area contributed by atoms with E-state index in [1.807, 2.05) is 47.4 Å². The zero-order chi connectivity index (χ0) is 18.6. The molecule has 0 aromatic heterocycles. The molecule has 2 aliphatic rings. The molecule has 1 unspecified atom stereocenters. The Balaban J connectivity index is 1.41. The highest BCUT2D eigenvalue weighted by molar-refractivity contribution is 5.95. The summed E-state index contributed by atoms with van der Waals surface area (Å²) in [6.07, 6.45) is 2.28. The van der Waals surface area contributed by atoms with Crippen LogP contribution in [0.5, 0.6) is 5.75 Å². The highest BCUT2D eigenvalue weighted by Crippen LogP contribution is 2.28. The molecule has 142 valence electrons. The average molecular weight is 366 g/mol. The first-order valence-electron chi connectivity index (χ1n) is 9.65. The molecule has 2 saturated heterocycles. The van der Waals surface area contributed by atoms with Crippen LogP contribution >= 0.6 is 0 Å². The van der Waals surface area contributed by atoms with Crippen LogP contribution in [0.1, 0.15) is 34.7 Å². The minimum absolute atomic E-state index is 0.00597. The van der Waals surface area contributed by atoms with E-state index in [1.54, 1.807) is 0 Å². The van der Waals surface area contributed by atoms with Crippen LogP contribution in [-0.2, 0) is 4.74 Å². The van der Waals surface area contributed by atoms with Gasteiger partial charge in [0, 0.05) is 37.2 Å². The molecule has 4 rings (SSSR count). The zero-order valence-electron chi connectivity index (χ0n) is 15.4. The van der Waals surface area contributed by atoms with Crippen LogP contribution in [0, 0.1) is 0 Å². The fourth-order valence-electron chi connectivity index (χ4n) is 3.91. The van der Waals surface area contributed by atoms with Gasteiger partial charge in [0.25, 0.3) is 5.91 Å². The molecule has 0 spiro atoms. The summed E-state index contributed by atoms with van der Waals surface area (Å²) in [5.41, 5.74) is 8.16. The van der Waals surface area contributed by atoms with Gasteiger partial charge in [0.1, 0.15) is 12.4 Å². The third-order valence-electron chi connectivity index (χ3n) is 5.42. The van der Waals surface area contributed by atoms with Crippen molar-refractivity contribution in [2.45, 2.75) is 30.9 Å². The molecule has 5 nitrogen and oxygen atoms in total. The molecule has 2 aromatic carbocycles. The minimum atomic E-state index is -0.0460. The lowest BCUT2D eigenvalue weighted by Crippen LogP contribution is -2.32. The Morgan fingerprint density at radius 2 is 2.00 bits per heavy atom. The van der Waals surface area contributed by atoms with E-state index in [2.05, 4.69) is 12.1 Å². The molecule has 3 atom stereocenters. The van der Waals surface area contributed by atoms with Gasteiger partial charge in [-0.2, -0.15) is 0 Å². The van der Waals surface area contributed by atoms with Crippen molar-refractivity contribution in [3.05, 3.63) is 65.7 Å². The lowest BCUT2D eigenvalue weighted by molar-refractivity contribution is 0.0678. The van der Waals surface area contributed by atoms with Gasteiger partial charge < -0.3 is 20.1 Å². The second-order valence-corrected chi connectivity index (χ2v) is 7.37. The molecule has 2 heterocycles. The predicted octanol–water partition coefficient (Wildman–Crippen LogP) is 2.81. The molecule has 2 N–H and O–H groups in total. The van der Waals surface area contributed by atoms with Crippen molar-refractivity contribution in [1.29, 1.82) is 0 Å². The van der Waals surface area contributed by atoms with E-state index < -0.39 is 0 Å². The number of nitrogens with zero attached hydrogens (tertiary/aromatic N) is 1. The van der Waals surface area contributed by atoms with Crippen molar-refractivity contribution >= 4 is 5.91 Å². The van der Waals surface area contributed by atoms with Crippen molar-refractivity contribution < 1.29 is 14.3 Å². The third kappa shape index (κ3) is 4.15. The molecule has 0 aliphatic carbocycles. The summed E-state index contributed by atoms with van der Waals surface area (Å²) in [6, 6.07) is 17.5. The van der Waals surface area contributed by atoms with E-state index in [0.29, 0.717) is 31.0 Å². The van der Waals surface area contributed by atoms with Crippen LogP contribution in [0.25, 0.3) is 0 Å². The largest absolute Gasteiger partial charge is 0.491 e. The molecule has 5 heteroatoms. The number of likely N-dealkylation sites (tertiary alicyclic amines) is 1. The van der Waals surface area contributed by atoms with E-state index in [0.717, 1.165) is 19.4 Å². The predicted molar refractivity (Wildman–Crippen MR) is 104 cm³/mol. The quantitative estimate of drug-likeness (QED) is 0.884. The fraction of sp³-hybridized carbons (Fsp3) is 0.409. The Hall–Kier alpha value is -2.37. The summed E-state index contributed by atoms with van der Waals surface area (Å²) in [5, 5.41) is 0. The van der Waals surface area contributed by atoms with Gasteiger partial charge in [0.2, 0.25) is 0 Å². The molecule has 0 saturated carbocycles. The van der Waals surface area contributed by atoms with Crippen LogP contribution in [0.15, 0.2) is 54.6 Å². The van der Waals surface area contributed by atoms with Gasteiger partial charge in [0.05, 0.1) is 6.10 Å². The molecular formula is C22H26N2O3. The SMILES string of the molecule is N[C@@H]1CN(C(=O)c2cccc(OCC3CCCO3)c2)C[C@H]1c1ccccc1. The van der Waals surface area contributed by atoms with Gasteiger partial charge in [-0.15, -0.1) is 0 Å². The van der Waals surface area contributed by atoms with E-state index in [4.69, 9.17) is 15.2 Å². The summed E-state index contributed by atoms with van der Waals surface area (Å²) in [4.78, 5) is 14.8. The first-order valence-corrected chi connectivity index (χ1v) is 9.65. The van der Waals surface area contributed by atoms with Gasteiger partial charge in [0.15, 0.2) is 0 Å². The van der Waals surface area contributed by atoms with Crippen LogP contribution < -0.4 is 10.5 Å². The normalized spacial score (nSPS) is 24.9. The van der Waals surface area contributed by atoms with Crippen molar-refractivity contribution in [1.82, 2.24) is 4.90 Å². The lowest BCUT2D eigenvalue weighted by atomic mass is 9.95. The zero-order valence-corrected chi connectivity index (χ0v) is 15.4. The molecule has 0 bridgehead atoms. The lowest BCUT2D eigenvalue weighted by Gasteiger charge is -2.17. The van der Waals surface area contributed by atoms with Gasteiger partial charge in [-0.1, -0.05) is 36.4 Å². The first kappa shape index (κ1) is 18.0. The van der Waals surface area contributed by atoms with Crippen molar-refractivity contribution in [3.8, 4) is 5.75 Å². The number of carbonyl (C=O) groups is 1. The number of carbonyl (C=O) groups excluding carboxylic acids is 1. The number of hydrogen-bond donors (Lipinski definition) is 1. The van der Waals surface area contributed by atoms with E-state index >= 15 is 0 Å². The third-order valence-corrected chi connectivity index (χ3v) is 5.42. The molecule has 0 radical (unpaired) electrons. The minimum Gasteiger partial charge on any atom is -0.491 e. The second-order valence-electron chi connectivity index (χ2n) is 7.37. The summed E-state index contributed by atoms with van der Waals surface area (Å²) in [5.74, 6) is 0.889.